The number of benzene rings is 2. The van der Waals surface area contributed by atoms with E-state index in [2.05, 4.69) is 5.32 Å². The molecule has 7 nitrogen and oxygen atoms in total. The second-order valence-corrected chi connectivity index (χ2v) is 6.91. The molecule has 1 heterocycles. The van der Waals surface area contributed by atoms with Crippen LogP contribution in [0.4, 0.5) is 5.69 Å². The summed E-state index contributed by atoms with van der Waals surface area (Å²) < 4.78 is 10.3. The van der Waals surface area contributed by atoms with Crippen molar-refractivity contribution in [3.05, 3.63) is 52.6 Å². The number of anilines is 1. The maximum Gasteiger partial charge on any atom is 0.270 e. The quantitative estimate of drug-likeness (QED) is 0.456. The third kappa shape index (κ3) is 3.79. The van der Waals surface area contributed by atoms with Crippen LogP contribution >= 0.6 is 12.2 Å². The number of methoxy groups -OCH3 is 2. The van der Waals surface area contributed by atoms with E-state index in [0.717, 1.165) is 11.1 Å². The van der Waals surface area contributed by atoms with Gasteiger partial charge in [-0.2, -0.15) is 0 Å². The highest BCUT2D eigenvalue weighted by Crippen LogP contribution is 2.38. The molecule has 1 saturated heterocycles. The zero-order valence-electron chi connectivity index (χ0n) is 16.4. The number of phenols is 1. The summed E-state index contributed by atoms with van der Waals surface area (Å²) in [5.74, 6) is -1.01. The van der Waals surface area contributed by atoms with Crippen molar-refractivity contribution in [3.8, 4) is 17.2 Å². The number of rotatable bonds is 4. The van der Waals surface area contributed by atoms with E-state index in [-0.39, 0.29) is 27.9 Å². The fraction of sp³-hybridized carbons (Fsp3) is 0.190. The normalized spacial score (nSPS) is 15.5. The molecular formula is C21H20N2O5S. The van der Waals surface area contributed by atoms with Crippen molar-refractivity contribution in [1.29, 1.82) is 0 Å². The first-order valence-corrected chi connectivity index (χ1v) is 9.11. The zero-order chi connectivity index (χ0) is 21.3. The number of hydrogen-bond acceptors (Lipinski definition) is 6. The minimum atomic E-state index is -0.604. The van der Waals surface area contributed by atoms with Crippen molar-refractivity contribution < 1.29 is 24.2 Å². The summed E-state index contributed by atoms with van der Waals surface area (Å²) in [6, 6.07) is 8.65. The molecule has 0 atom stereocenters. The molecule has 0 aliphatic carbocycles. The number of carbonyl (C=O) groups excluding carboxylic acids is 2. The van der Waals surface area contributed by atoms with E-state index in [1.165, 1.54) is 37.3 Å². The first kappa shape index (κ1) is 20.3. The second-order valence-electron chi connectivity index (χ2n) is 6.52. The Labute approximate surface area is 173 Å². The van der Waals surface area contributed by atoms with Gasteiger partial charge in [0.1, 0.15) is 5.57 Å². The van der Waals surface area contributed by atoms with Crippen LogP contribution in [0.5, 0.6) is 17.2 Å². The third-order valence-electron chi connectivity index (χ3n) is 4.52. The smallest absolute Gasteiger partial charge is 0.270 e. The van der Waals surface area contributed by atoms with Crippen LogP contribution in [-0.2, 0) is 9.59 Å². The van der Waals surface area contributed by atoms with E-state index in [1.807, 2.05) is 32.0 Å². The van der Waals surface area contributed by atoms with Crippen LogP contribution in [0.1, 0.15) is 16.7 Å². The first-order chi connectivity index (χ1) is 13.8. The van der Waals surface area contributed by atoms with Crippen LogP contribution in [0, 0.1) is 13.8 Å². The van der Waals surface area contributed by atoms with Gasteiger partial charge >= 0.3 is 0 Å². The van der Waals surface area contributed by atoms with E-state index in [0.29, 0.717) is 11.3 Å². The fourth-order valence-electron chi connectivity index (χ4n) is 3.00. The minimum Gasteiger partial charge on any atom is -0.502 e. The zero-order valence-corrected chi connectivity index (χ0v) is 17.2. The lowest BCUT2D eigenvalue weighted by Crippen LogP contribution is -2.54. The number of carbonyl (C=O) groups is 2. The van der Waals surface area contributed by atoms with Gasteiger partial charge in [-0.3, -0.25) is 19.8 Å². The van der Waals surface area contributed by atoms with E-state index in [9.17, 15) is 14.7 Å². The molecule has 150 valence electrons. The summed E-state index contributed by atoms with van der Waals surface area (Å²) in [7, 11) is 2.79. The van der Waals surface area contributed by atoms with Crippen LogP contribution in [0.3, 0.4) is 0 Å². The monoisotopic (exact) mass is 412 g/mol. The van der Waals surface area contributed by atoms with Crippen LogP contribution < -0.4 is 19.7 Å². The van der Waals surface area contributed by atoms with Crippen molar-refractivity contribution >= 4 is 40.9 Å². The lowest BCUT2D eigenvalue weighted by molar-refractivity contribution is -0.122. The Morgan fingerprint density at radius 3 is 2.28 bits per heavy atom. The highest BCUT2D eigenvalue weighted by Gasteiger charge is 2.35. The summed E-state index contributed by atoms with van der Waals surface area (Å²) >= 11 is 5.25. The molecule has 0 aromatic heterocycles. The van der Waals surface area contributed by atoms with E-state index < -0.39 is 11.8 Å². The Morgan fingerprint density at radius 2 is 1.69 bits per heavy atom. The molecule has 3 rings (SSSR count). The molecule has 0 radical (unpaired) electrons. The van der Waals surface area contributed by atoms with Crippen molar-refractivity contribution in [2.24, 2.45) is 0 Å². The van der Waals surface area contributed by atoms with Gasteiger partial charge in [-0.15, -0.1) is 0 Å². The molecule has 1 aliphatic heterocycles. The number of nitrogens with one attached hydrogen (secondary N) is 1. The summed E-state index contributed by atoms with van der Waals surface area (Å²) in [6.45, 7) is 3.77. The second kappa shape index (κ2) is 7.92. The Kier molecular flexibility index (Phi) is 5.56. The Hall–Kier alpha value is -3.39. The number of thiocarbonyl (C=S) groups is 1. The highest BCUT2D eigenvalue weighted by molar-refractivity contribution is 7.80. The molecule has 2 amide bonds. The average molecular weight is 412 g/mol. The summed E-state index contributed by atoms with van der Waals surface area (Å²) in [5.41, 5.74) is 2.75. The predicted octanol–water partition coefficient (Wildman–Crippen LogP) is 2.86. The van der Waals surface area contributed by atoms with E-state index in [4.69, 9.17) is 21.7 Å². The lowest BCUT2D eigenvalue weighted by Gasteiger charge is -2.30. The number of aryl methyl sites for hydroxylation is 2. The molecule has 8 heteroatoms. The molecule has 0 bridgehead atoms. The number of aromatic hydroxyl groups is 1. The minimum absolute atomic E-state index is 0.0201. The largest absolute Gasteiger partial charge is 0.502 e. The maximum atomic E-state index is 13.2. The lowest BCUT2D eigenvalue weighted by atomic mass is 10.0. The Bertz CT molecular complexity index is 1040. The Balaban J connectivity index is 2.10. The summed E-state index contributed by atoms with van der Waals surface area (Å²) in [4.78, 5) is 27.0. The van der Waals surface area contributed by atoms with Crippen LogP contribution in [0.2, 0.25) is 0 Å². The van der Waals surface area contributed by atoms with Gasteiger partial charge in [0.05, 0.1) is 19.9 Å². The molecule has 2 N–H and O–H groups in total. The summed E-state index contributed by atoms with van der Waals surface area (Å²) in [5, 5.41) is 12.6. The van der Waals surface area contributed by atoms with Gasteiger partial charge in [-0.05, 0) is 67.0 Å². The fourth-order valence-corrected chi connectivity index (χ4v) is 3.27. The molecule has 29 heavy (non-hydrogen) atoms. The van der Waals surface area contributed by atoms with Crippen molar-refractivity contribution in [2.45, 2.75) is 13.8 Å². The highest BCUT2D eigenvalue weighted by atomic mass is 32.1. The molecule has 2 aromatic rings. The van der Waals surface area contributed by atoms with Crippen LogP contribution in [-0.4, -0.2) is 36.3 Å². The van der Waals surface area contributed by atoms with Crippen molar-refractivity contribution in [1.82, 2.24) is 5.32 Å². The molecule has 0 unspecified atom stereocenters. The molecule has 1 aliphatic rings. The van der Waals surface area contributed by atoms with Gasteiger partial charge in [0, 0.05) is 0 Å². The maximum absolute atomic E-state index is 13.2. The Morgan fingerprint density at radius 1 is 1.07 bits per heavy atom. The average Bonchev–Trinajstić information content (AvgIpc) is 2.68. The van der Waals surface area contributed by atoms with E-state index >= 15 is 0 Å². The topological polar surface area (TPSA) is 88.1 Å². The predicted molar refractivity (Wildman–Crippen MR) is 113 cm³/mol. The molecule has 2 aromatic carbocycles. The number of hydrogen-bond donors (Lipinski definition) is 2. The number of ether oxygens (including phenoxy) is 2. The number of amides is 2. The third-order valence-corrected chi connectivity index (χ3v) is 4.80. The van der Waals surface area contributed by atoms with Gasteiger partial charge in [-0.25, -0.2) is 0 Å². The van der Waals surface area contributed by atoms with Crippen LogP contribution in [0.15, 0.2) is 35.9 Å². The van der Waals surface area contributed by atoms with Crippen molar-refractivity contribution in [2.75, 3.05) is 19.1 Å². The first-order valence-electron chi connectivity index (χ1n) is 8.70. The van der Waals surface area contributed by atoms with Gasteiger partial charge in [0.2, 0.25) is 5.75 Å². The van der Waals surface area contributed by atoms with Gasteiger partial charge < -0.3 is 14.6 Å². The standard InChI is InChI=1S/C21H20N2O5S/c1-11-5-6-12(2)15(7-11)23-20(26)14(19(25)22-21(23)29)8-13-9-16(27-3)18(24)17(10-13)28-4/h5-10,24H,1-4H3,(H,22,25,29)/b14-8+. The molecule has 1 fully saturated rings. The molecular weight excluding hydrogens is 392 g/mol. The van der Waals surface area contributed by atoms with Crippen LogP contribution in [0.25, 0.3) is 6.08 Å². The van der Waals surface area contributed by atoms with Gasteiger partial charge in [-0.1, -0.05) is 12.1 Å². The molecule has 0 spiro atoms. The molecule has 0 saturated carbocycles. The van der Waals surface area contributed by atoms with Gasteiger partial charge in [0.15, 0.2) is 16.6 Å². The number of phenolic OH excluding ortho intramolecular Hbond substituents is 1. The van der Waals surface area contributed by atoms with E-state index in [1.54, 1.807) is 0 Å². The SMILES string of the molecule is COc1cc(/C=C2\C(=O)NC(=S)N(c3cc(C)ccc3C)C2=O)cc(OC)c1O. The van der Waals surface area contributed by atoms with Gasteiger partial charge in [0.25, 0.3) is 11.8 Å². The van der Waals surface area contributed by atoms with Crippen molar-refractivity contribution in [3.63, 3.8) is 0 Å². The summed E-state index contributed by atoms with van der Waals surface area (Å²) in [6.07, 6.45) is 1.40. The number of nitrogens with zero attached hydrogens (tertiary/aromatic N) is 1.